The van der Waals surface area contributed by atoms with Gasteiger partial charge >= 0.3 is 0 Å². The summed E-state index contributed by atoms with van der Waals surface area (Å²) in [6.07, 6.45) is 0. The summed E-state index contributed by atoms with van der Waals surface area (Å²) in [6, 6.07) is 9.91. The van der Waals surface area contributed by atoms with Gasteiger partial charge in [0.2, 0.25) is 0 Å². The number of anilines is 1. The van der Waals surface area contributed by atoms with E-state index in [1.165, 1.54) is 17.4 Å². The Kier molecular flexibility index (Phi) is 4.18. The Hall–Kier alpha value is -1.83. The molecule has 1 N–H and O–H groups in total. The lowest BCUT2D eigenvalue weighted by molar-refractivity contribution is 0.411. The van der Waals surface area contributed by atoms with Crippen molar-refractivity contribution in [3.63, 3.8) is 0 Å². The van der Waals surface area contributed by atoms with Gasteiger partial charge < -0.3 is 4.74 Å². The van der Waals surface area contributed by atoms with E-state index < -0.39 is 10.0 Å². The number of hydrogen-bond acceptors (Lipinski definition) is 5. The van der Waals surface area contributed by atoms with Gasteiger partial charge in [0, 0.05) is 5.02 Å². The molecule has 2 aromatic carbocycles. The number of halogens is 1. The van der Waals surface area contributed by atoms with Crippen molar-refractivity contribution < 1.29 is 13.2 Å². The van der Waals surface area contributed by atoms with E-state index in [-0.39, 0.29) is 4.90 Å². The first-order chi connectivity index (χ1) is 10.9. The smallest absolute Gasteiger partial charge is 0.263 e. The zero-order valence-corrected chi connectivity index (χ0v) is 14.7. The first kappa shape index (κ1) is 16.0. The molecule has 3 rings (SSSR count). The van der Waals surface area contributed by atoms with Crippen LogP contribution in [0.5, 0.6) is 5.75 Å². The number of nitrogens with zero attached hydrogens (tertiary/aromatic N) is 1. The lowest BCUT2D eigenvalue weighted by atomic mass is 10.2. The highest BCUT2D eigenvalue weighted by Gasteiger charge is 2.18. The van der Waals surface area contributed by atoms with Crippen LogP contribution in [-0.4, -0.2) is 20.5 Å². The molecule has 0 amide bonds. The summed E-state index contributed by atoms with van der Waals surface area (Å²) in [5.41, 5.74) is 1.44. The number of nitrogens with one attached hydrogen (secondary N) is 1. The van der Waals surface area contributed by atoms with E-state index in [0.717, 1.165) is 10.3 Å². The van der Waals surface area contributed by atoms with E-state index in [0.29, 0.717) is 21.4 Å². The van der Waals surface area contributed by atoms with E-state index in [9.17, 15) is 8.42 Å². The molecule has 1 heterocycles. The molecule has 3 aromatic rings. The van der Waals surface area contributed by atoms with Crippen molar-refractivity contribution in [3.05, 3.63) is 47.0 Å². The largest absolute Gasteiger partial charge is 0.496 e. The zero-order chi connectivity index (χ0) is 16.6. The maximum absolute atomic E-state index is 12.5. The van der Waals surface area contributed by atoms with Gasteiger partial charge in [-0.3, -0.25) is 4.72 Å². The van der Waals surface area contributed by atoms with Crippen molar-refractivity contribution in [1.29, 1.82) is 0 Å². The van der Waals surface area contributed by atoms with Gasteiger partial charge in [-0.15, -0.1) is 0 Å². The van der Waals surface area contributed by atoms with Gasteiger partial charge in [-0.2, -0.15) is 0 Å². The van der Waals surface area contributed by atoms with Crippen molar-refractivity contribution in [1.82, 2.24) is 4.98 Å². The first-order valence-electron chi connectivity index (χ1n) is 6.62. The molecule has 0 saturated heterocycles. The number of aryl methyl sites for hydroxylation is 1. The van der Waals surface area contributed by atoms with Crippen LogP contribution in [0.15, 0.2) is 41.3 Å². The van der Waals surface area contributed by atoms with Gasteiger partial charge in [0.25, 0.3) is 10.0 Å². The first-order valence-corrected chi connectivity index (χ1v) is 9.30. The number of thiazole rings is 1. The van der Waals surface area contributed by atoms with Crippen LogP contribution < -0.4 is 9.46 Å². The van der Waals surface area contributed by atoms with E-state index >= 15 is 0 Å². The molecule has 120 valence electrons. The topological polar surface area (TPSA) is 68.3 Å². The van der Waals surface area contributed by atoms with Gasteiger partial charge in [0.1, 0.15) is 5.75 Å². The van der Waals surface area contributed by atoms with E-state index in [1.807, 2.05) is 0 Å². The molecule has 5 nitrogen and oxygen atoms in total. The molecule has 0 aliphatic rings. The highest BCUT2D eigenvalue weighted by molar-refractivity contribution is 7.93. The molecule has 1 aromatic heterocycles. The molecule has 0 aliphatic carbocycles. The average Bonchev–Trinajstić information content (AvgIpc) is 2.87. The van der Waals surface area contributed by atoms with Crippen molar-refractivity contribution >= 4 is 48.3 Å². The Morgan fingerprint density at radius 3 is 2.70 bits per heavy atom. The Morgan fingerprint density at radius 1 is 1.22 bits per heavy atom. The van der Waals surface area contributed by atoms with Crippen molar-refractivity contribution in [2.75, 3.05) is 11.8 Å². The summed E-state index contributed by atoms with van der Waals surface area (Å²) >= 11 is 7.17. The lowest BCUT2D eigenvalue weighted by Gasteiger charge is -2.08. The number of aromatic nitrogens is 1. The molecule has 0 unspecified atom stereocenters. The summed E-state index contributed by atoms with van der Waals surface area (Å²) < 4.78 is 33.4. The maximum Gasteiger partial charge on any atom is 0.263 e. The van der Waals surface area contributed by atoms with Crippen LogP contribution in [0.4, 0.5) is 5.13 Å². The van der Waals surface area contributed by atoms with Crippen LogP contribution in [0.2, 0.25) is 5.02 Å². The molecule has 0 atom stereocenters. The summed E-state index contributed by atoms with van der Waals surface area (Å²) in [6.45, 7) is 1.79. The van der Waals surface area contributed by atoms with Crippen LogP contribution in [0.25, 0.3) is 10.2 Å². The third-order valence-electron chi connectivity index (χ3n) is 3.25. The molecular weight excluding hydrogens is 356 g/mol. The van der Waals surface area contributed by atoms with Crippen LogP contribution in [-0.2, 0) is 10.0 Å². The number of ether oxygens (including phenoxy) is 1. The fraction of sp³-hybridized carbons (Fsp3) is 0.133. The van der Waals surface area contributed by atoms with Crippen molar-refractivity contribution in [2.45, 2.75) is 11.8 Å². The third kappa shape index (κ3) is 3.26. The highest BCUT2D eigenvalue weighted by atomic mass is 35.5. The fourth-order valence-electron chi connectivity index (χ4n) is 2.13. The van der Waals surface area contributed by atoms with Gasteiger partial charge in [-0.05, 0) is 48.9 Å². The Balaban J connectivity index is 1.94. The molecule has 8 heteroatoms. The standard InChI is InChI=1S/C15H13ClN2O3S2/c1-9-7-11(4-6-13(9)21-2)23(19,20)18-15-17-12-5-3-10(16)8-14(12)22-15/h3-8H,1-2H3,(H,17,18). The van der Waals surface area contributed by atoms with Crippen LogP contribution in [0.3, 0.4) is 0 Å². The maximum atomic E-state index is 12.5. The molecule has 0 bridgehead atoms. The van der Waals surface area contributed by atoms with Crippen molar-refractivity contribution in [2.24, 2.45) is 0 Å². The van der Waals surface area contributed by atoms with Crippen LogP contribution >= 0.6 is 22.9 Å². The van der Waals surface area contributed by atoms with Gasteiger partial charge in [0.05, 0.1) is 22.2 Å². The minimum atomic E-state index is -3.71. The second kappa shape index (κ2) is 5.99. The van der Waals surface area contributed by atoms with Gasteiger partial charge in [-0.25, -0.2) is 13.4 Å². The monoisotopic (exact) mass is 368 g/mol. The molecular formula is C15H13ClN2O3S2. The lowest BCUT2D eigenvalue weighted by Crippen LogP contribution is -2.13. The summed E-state index contributed by atoms with van der Waals surface area (Å²) in [5.74, 6) is 0.638. The number of hydrogen-bond donors (Lipinski definition) is 1. The normalized spacial score (nSPS) is 11.6. The Morgan fingerprint density at radius 2 is 2.00 bits per heavy atom. The average molecular weight is 369 g/mol. The number of methoxy groups -OCH3 is 1. The number of rotatable bonds is 4. The fourth-order valence-corrected chi connectivity index (χ4v) is 4.60. The predicted molar refractivity (Wildman–Crippen MR) is 93.2 cm³/mol. The highest BCUT2D eigenvalue weighted by Crippen LogP contribution is 2.30. The predicted octanol–water partition coefficient (Wildman–Crippen LogP) is 4.07. The van der Waals surface area contributed by atoms with E-state index in [4.69, 9.17) is 16.3 Å². The molecule has 0 spiro atoms. The molecule has 0 fully saturated rings. The molecule has 0 aliphatic heterocycles. The number of sulfonamides is 1. The molecule has 0 radical (unpaired) electrons. The minimum absolute atomic E-state index is 0.160. The van der Waals surface area contributed by atoms with Crippen molar-refractivity contribution in [3.8, 4) is 5.75 Å². The van der Waals surface area contributed by atoms with Crippen LogP contribution in [0, 0.1) is 6.92 Å². The number of benzene rings is 2. The van der Waals surface area contributed by atoms with Gasteiger partial charge in [0.15, 0.2) is 5.13 Å². The Bertz CT molecular complexity index is 984. The summed E-state index contributed by atoms with van der Waals surface area (Å²) in [7, 11) is -2.17. The van der Waals surface area contributed by atoms with E-state index in [2.05, 4.69) is 9.71 Å². The molecule has 0 saturated carbocycles. The van der Waals surface area contributed by atoms with Gasteiger partial charge in [-0.1, -0.05) is 22.9 Å². The van der Waals surface area contributed by atoms with Crippen LogP contribution in [0.1, 0.15) is 5.56 Å². The second-order valence-electron chi connectivity index (χ2n) is 4.87. The SMILES string of the molecule is COc1ccc(S(=O)(=O)Nc2nc3ccc(Cl)cc3s2)cc1C. The number of fused-ring (bicyclic) bond motifs is 1. The summed E-state index contributed by atoms with van der Waals surface area (Å²) in [4.78, 5) is 4.43. The quantitative estimate of drug-likeness (QED) is 0.753. The minimum Gasteiger partial charge on any atom is -0.496 e. The van der Waals surface area contributed by atoms with E-state index in [1.54, 1.807) is 44.4 Å². The molecule has 23 heavy (non-hydrogen) atoms. The summed E-state index contributed by atoms with van der Waals surface area (Å²) in [5, 5.41) is 0.886. The Labute approximate surface area is 142 Å². The third-order valence-corrected chi connectivity index (χ3v) is 5.88. The second-order valence-corrected chi connectivity index (χ2v) is 8.02. The zero-order valence-electron chi connectivity index (χ0n) is 12.3.